The average molecular weight is 394 g/mol. The number of benzene rings is 1. The first kappa shape index (κ1) is 20.4. The van der Waals surface area contributed by atoms with E-state index in [2.05, 4.69) is 10.3 Å². The molecule has 7 nitrogen and oxygen atoms in total. The van der Waals surface area contributed by atoms with Crippen LogP contribution in [0.1, 0.15) is 46.1 Å². The lowest BCUT2D eigenvalue weighted by atomic mass is 10.1. The predicted molar refractivity (Wildman–Crippen MR) is 109 cm³/mol. The van der Waals surface area contributed by atoms with Crippen molar-refractivity contribution in [1.82, 2.24) is 19.4 Å². The Labute approximate surface area is 170 Å². The highest BCUT2D eigenvalue weighted by atomic mass is 16.5. The molecule has 1 atom stereocenters. The average Bonchev–Trinajstić information content (AvgIpc) is 3.25. The number of nitrogens with one attached hydrogen (secondary N) is 1. The molecule has 7 heteroatoms. The standard InChI is InChI=1S/C22H26N4O3/c1-5-29-22(28)18-13-15(2)26(16(18)3)14-19(27)24-20(17-9-7-6-8-10-17)21-23-11-12-25(21)4/h6-13,20H,5,14H2,1-4H3,(H,24,27). The molecule has 1 unspecified atom stereocenters. The summed E-state index contributed by atoms with van der Waals surface area (Å²) in [7, 11) is 1.90. The number of hydrogen-bond acceptors (Lipinski definition) is 4. The van der Waals surface area contributed by atoms with Gasteiger partial charge in [-0.3, -0.25) is 4.79 Å². The zero-order valence-corrected chi connectivity index (χ0v) is 17.2. The minimum Gasteiger partial charge on any atom is -0.462 e. The second-order valence-electron chi connectivity index (χ2n) is 6.90. The number of rotatable bonds is 7. The Morgan fingerprint density at radius 3 is 2.55 bits per heavy atom. The molecule has 152 valence electrons. The molecule has 0 saturated heterocycles. The van der Waals surface area contributed by atoms with Gasteiger partial charge >= 0.3 is 5.97 Å². The Balaban J connectivity index is 1.83. The lowest BCUT2D eigenvalue weighted by Gasteiger charge is -2.20. The molecule has 1 aromatic carbocycles. The quantitative estimate of drug-likeness (QED) is 0.625. The summed E-state index contributed by atoms with van der Waals surface area (Å²) in [6.07, 6.45) is 3.56. The van der Waals surface area contributed by atoms with Crippen LogP contribution < -0.4 is 5.32 Å². The van der Waals surface area contributed by atoms with Gasteiger partial charge in [0.25, 0.3) is 0 Å². The van der Waals surface area contributed by atoms with Crippen molar-refractivity contribution in [2.24, 2.45) is 7.05 Å². The number of carbonyl (C=O) groups excluding carboxylic acids is 2. The Kier molecular flexibility index (Phi) is 6.16. The van der Waals surface area contributed by atoms with Crippen molar-refractivity contribution in [2.75, 3.05) is 6.61 Å². The van der Waals surface area contributed by atoms with E-state index in [1.54, 1.807) is 19.2 Å². The number of nitrogens with zero attached hydrogens (tertiary/aromatic N) is 3. The topological polar surface area (TPSA) is 78.2 Å². The monoisotopic (exact) mass is 394 g/mol. The van der Waals surface area contributed by atoms with E-state index in [0.717, 1.165) is 17.1 Å². The Morgan fingerprint density at radius 1 is 1.21 bits per heavy atom. The van der Waals surface area contributed by atoms with Gasteiger partial charge in [0, 0.05) is 30.8 Å². The van der Waals surface area contributed by atoms with Crippen LogP contribution in [0.5, 0.6) is 0 Å². The van der Waals surface area contributed by atoms with Crippen LogP contribution >= 0.6 is 0 Å². The van der Waals surface area contributed by atoms with Gasteiger partial charge in [0.1, 0.15) is 18.4 Å². The van der Waals surface area contributed by atoms with Crippen LogP contribution in [-0.2, 0) is 23.1 Å². The van der Waals surface area contributed by atoms with Crippen molar-refractivity contribution in [3.63, 3.8) is 0 Å². The van der Waals surface area contributed by atoms with E-state index in [-0.39, 0.29) is 24.5 Å². The Hall–Kier alpha value is -3.35. The maximum Gasteiger partial charge on any atom is 0.339 e. The van der Waals surface area contributed by atoms with E-state index < -0.39 is 0 Å². The number of ether oxygens (including phenoxy) is 1. The van der Waals surface area contributed by atoms with Gasteiger partial charge < -0.3 is 19.2 Å². The van der Waals surface area contributed by atoms with Crippen LogP contribution in [0.25, 0.3) is 0 Å². The molecule has 1 amide bonds. The van der Waals surface area contributed by atoms with Gasteiger partial charge in [0.15, 0.2) is 0 Å². The number of hydrogen-bond donors (Lipinski definition) is 1. The van der Waals surface area contributed by atoms with Gasteiger partial charge in [-0.15, -0.1) is 0 Å². The van der Waals surface area contributed by atoms with Crippen molar-refractivity contribution in [2.45, 2.75) is 33.4 Å². The zero-order valence-electron chi connectivity index (χ0n) is 17.2. The molecular weight excluding hydrogens is 368 g/mol. The van der Waals surface area contributed by atoms with Crippen molar-refractivity contribution >= 4 is 11.9 Å². The van der Waals surface area contributed by atoms with Gasteiger partial charge in [0.2, 0.25) is 5.91 Å². The number of carbonyl (C=O) groups is 2. The molecule has 0 aliphatic heterocycles. The molecular formula is C22H26N4O3. The molecule has 1 N–H and O–H groups in total. The lowest BCUT2D eigenvalue weighted by molar-refractivity contribution is -0.122. The fourth-order valence-corrected chi connectivity index (χ4v) is 3.41. The largest absolute Gasteiger partial charge is 0.462 e. The zero-order chi connectivity index (χ0) is 21.0. The molecule has 0 aliphatic carbocycles. The summed E-state index contributed by atoms with van der Waals surface area (Å²) in [4.78, 5) is 29.5. The molecule has 3 aromatic rings. The van der Waals surface area contributed by atoms with Crippen LogP contribution in [0.4, 0.5) is 0 Å². The summed E-state index contributed by atoms with van der Waals surface area (Å²) >= 11 is 0. The molecule has 2 heterocycles. The van der Waals surface area contributed by atoms with Crippen LogP contribution in [0, 0.1) is 13.8 Å². The van der Waals surface area contributed by atoms with Crippen molar-refractivity contribution in [3.8, 4) is 0 Å². The van der Waals surface area contributed by atoms with E-state index >= 15 is 0 Å². The highest BCUT2D eigenvalue weighted by Gasteiger charge is 2.22. The second kappa shape index (κ2) is 8.77. The molecule has 0 radical (unpaired) electrons. The Morgan fingerprint density at radius 2 is 1.93 bits per heavy atom. The lowest BCUT2D eigenvalue weighted by Crippen LogP contribution is -2.34. The minimum absolute atomic E-state index is 0.102. The molecule has 0 spiro atoms. The fourth-order valence-electron chi connectivity index (χ4n) is 3.41. The molecule has 29 heavy (non-hydrogen) atoms. The molecule has 0 saturated carbocycles. The third-order valence-electron chi connectivity index (χ3n) is 4.93. The molecule has 0 bridgehead atoms. The highest BCUT2D eigenvalue weighted by Crippen LogP contribution is 2.21. The van der Waals surface area contributed by atoms with E-state index in [9.17, 15) is 9.59 Å². The molecule has 2 aromatic heterocycles. The van der Waals surface area contributed by atoms with E-state index in [1.807, 2.05) is 66.6 Å². The summed E-state index contributed by atoms with van der Waals surface area (Å²) in [5.41, 5.74) is 2.97. The van der Waals surface area contributed by atoms with Crippen LogP contribution in [-0.4, -0.2) is 32.6 Å². The summed E-state index contributed by atoms with van der Waals surface area (Å²) in [6.45, 7) is 5.87. The summed E-state index contributed by atoms with van der Waals surface area (Å²) < 4.78 is 8.82. The molecule has 3 rings (SSSR count). The van der Waals surface area contributed by atoms with E-state index in [0.29, 0.717) is 17.9 Å². The molecule has 0 fully saturated rings. The third-order valence-corrected chi connectivity index (χ3v) is 4.93. The minimum atomic E-state index is -0.373. The fraction of sp³-hybridized carbons (Fsp3) is 0.318. The number of aromatic nitrogens is 3. The van der Waals surface area contributed by atoms with Gasteiger partial charge in [-0.25, -0.2) is 9.78 Å². The van der Waals surface area contributed by atoms with E-state index in [1.165, 1.54) is 0 Å². The van der Waals surface area contributed by atoms with Crippen molar-refractivity contribution < 1.29 is 14.3 Å². The first-order valence-corrected chi connectivity index (χ1v) is 9.57. The van der Waals surface area contributed by atoms with Gasteiger partial charge in [-0.1, -0.05) is 30.3 Å². The van der Waals surface area contributed by atoms with Crippen LogP contribution in [0.2, 0.25) is 0 Å². The van der Waals surface area contributed by atoms with Gasteiger partial charge in [-0.2, -0.15) is 0 Å². The number of esters is 1. The number of amides is 1. The van der Waals surface area contributed by atoms with Crippen LogP contribution in [0.3, 0.4) is 0 Å². The van der Waals surface area contributed by atoms with Crippen molar-refractivity contribution in [3.05, 3.63) is 77.1 Å². The maximum absolute atomic E-state index is 12.9. The highest BCUT2D eigenvalue weighted by molar-refractivity contribution is 5.91. The summed E-state index contributed by atoms with van der Waals surface area (Å²) in [5, 5.41) is 3.08. The smallest absolute Gasteiger partial charge is 0.339 e. The van der Waals surface area contributed by atoms with Gasteiger partial charge in [-0.05, 0) is 32.4 Å². The summed E-state index contributed by atoms with van der Waals surface area (Å²) in [6, 6.07) is 11.1. The number of imidazole rings is 1. The SMILES string of the molecule is CCOC(=O)c1cc(C)n(CC(=O)NC(c2ccccc2)c2nccn2C)c1C. The predicted octanol–water partition coefficient (Wildman–Crippen LogP) is 2.92. The summed E-state index contributed by atoms with van der Waals surface area (Å²) in [5.74, 6) is 0.208. The normalized spacial score (nSPS) is 11.9. The van der Waals surface area contributed by atoms with E-state index in [4.69, 9.17) is 4.74 Å². The van der Waals surface area contributed by atoms with Crippen molar-refractivity contribution in [1.29, 1.82) is 0 Å². The third kappa shape index (κ3) is 4.39. The maximum atomic E-state index is 12.9. The van der Waals surface area contributed by atoms with Gasteiger partial charge in [0.05, 0.1) is 12.2 Å². The first-order chi connectivity index (χ1) is 13.9. The first-order valence-electron chi connectivity index (χ1n) is 9.57. The second-order valence-corrected chi connectivity index (χ2v) is 6.90. The molecule has 0 aliphatic rings. The number of aryl methyl sites for hydroxylation is 2. The van der Waals surface area contributed by atoms with Crippen LogP contribution in [0.15, 0.2) is 48.8 Å². The Bertz CT molecular complexity index is 1000.